The van der Waals surface area contributed by atoms with Crippen molar-refractivity contribution in [2.24, 2.45) is 5.92 Å². The summed E-state index contributed by atoms with van der Waals surface area (Å²) in [5, 5.41) is 20.6. The number of amides is 1. The summed E-state index contributed by atoms with van der Waals surface area (Å²) in [6.07, 6.45) is 32.3. The number of carboxylic acids is 1. The number of aliphatic carboxylic acids is 1. The van der Waals surface area contributed by atoms with Crippen molar-refractivity contribution in [3.63, 3.8) is 0 Å². The number of carbonyl (C=O) groups excluding carboxylic acids is 2. The number of ketones is 1. The number of likely N-dealkylation sites (tertiary alicyclic amines) is 1. The highest BCUT2D eigenvalue weighted by Gasteiger charge is 2.53. The number of nitrogens with zero attached hydrogens (tertiary/aromatic N) is 1. The Morgan fingerprint density at radius 3 is 1.23 bits per heavy atom. The molecule has 0 aliphatic carbocycles. The molecule has 1 unspecified atom stereocenters. The van der Waals surface area contributed by atoms with Crippen LogP contribution in [0.1, 0.15) is 200 Å². The van der Waals surface area contributed by atoms with Crippen LogP contribution in [-0.2, 0) is 14.4 Å². The van der Waals surface area contributed by atoms with Gasteiger partial charge in [-0.3, -0.25) is 9.59 Å². The van der Waals surface area contributed by atoms with Crippen molar-refractivity contribution in [1.29, 1.82) is 0 Å². The fourth-order valence-corrected chi connectivity index (χ4v) is 6.57. The van der Waals surface area contributed by atoms with Crippen LogP contribution in [0, 0.1) is 5.92 Å². The predicted molar refractivity (Wildman–Crippen MR) is 178 cm³/mol. The van der Waals surface area contributed by atoms with Gasteiger partial charge in [-0.05, 0) is 12.8 Å². The normalized spacial score (nSPS) is 18.4. The maximum atomic E-state index is 12.9. The Balaban J connectivity index is 2.17. The molecule has 252 valence electrons. The minimum absolute atomic E-state index is 0.0148. The van der Waals surface area contributed by atoms with Gasteiger partial charge in [0.2, 0.25) is 11.6 Å². The molecule has 1 amide bonds. The largest absolute Gasteiger partial charge is 0.478 e. The van der Waals surface area contributed by atoms with Gasteiger partial charge in [0, 0.05) is 31.7 Å². The van der Waals surface area contributed by atoms with E-state index in [-0.39, 0.29) is 31.1 Å². The van der Waals surface area contributed by atoms with Crippen LogP contribution in [0.25, 0.3) is 0 Å². The quantitative estimate of drug-likeness (QED) is 0.0792. The molecule has 1 heterocycles. The summed E-state index contributed by atoms with van der Waals surface area (Å²) in [4.78, 5) is 38.8. The van der Waals surface area contributed by atoms with Gasteiger partial charge in [0.25, 0.3) is 0 Å². The SMILES string of the molecule is CCCCCCCCCCCCCCCC(=O)C1CN(C(=O)CCCCCCCCCCCCCCC)[C@](O)(C(=O)O)C1. The molecule has 2 N–H and O–H groups in total. The van der Waals surface area contributed by atoms with Crippen molar-refractivity contribution in [2.45, 2.75) is 206 Å². The lowest BCUT2D eigenvalue weighted by molar-refractivity contribution is -0.182. The maximum absolute atomic E-state index is 12.9. The Bertz CT molecular complexity index is 726. The van der Waals surface area contributed by atoms with E-state index in [0.717, 1.165) is 37.0 Å². The monoisotopic (exact) mass is 608 g/mol. The van der Waals surface area contributed by atoms with Gasteiger partial charge in [0.1, 0.15) is 5.78 Å². The second-order valence-electron chi connectivity index (χ2n) is 13.5. The lowest BCUT2D eigenvalue weighted by Gasteiger charge is -2.29. The molecule has 43 heavy (non-hydrogen) atoms. The third-order valence-corrected chi connectivity index (χ3v) is 9.50. The molecule has 1 rings (SSSR count). The summed E-state index contributed by atoms with van der Waals surface area (Å²) in [6.45, 7) is 4.52. The highest BCUT2D eigenvalue weighted by Crippen LogP contribution is 2.34. The molecule has 1 aliphatic heterocycles. The Morgan fingerprint density at radius 1 is 0.558 bits per heavy atom. The fraction of sp³-hybridized carbons (Fsp3) is 0.919. The smallest absolute Gasteiger partial charge is 0.357 e. The first-order valence-corrected chi connectivity index (χ1v) is 18.7. The predicted octanol–water partition coefficient (Wildman–Crippen LogP) is 10.1. The average Bonchev–Trinajstić information content (AvgIpc) is 3.36. The number of hydrogen-bond acceptors (Lipinski definition) is 4. The number of unbranched alkanes of at least 4 members (excludes halogenated alkanes) is 24. The molecule has 1 saturated heterocycles. The second kappa shape index (κ2) is 25.9. The first kappa shape index (κ1) is 39.6. The summed E-state index contributed by atoms with van der Waals surface area (Å²) in [5.74, 6) is -2.38. The topological polar surface area (TPSA) is 94.9 Å². The Labute approximate surface area is 265 Å². The van der Waals surface area contributed by atoms with E-state index in [1.165, 1.54) is 128 Å². The number of Topliss-reactive ketones (excluding diaryl/α,β-unsaturated/α-hetero) is 1. The van der Waals surface area contributed by atoms with E-state index in [0.29, 0.717) is 12.8 Å². The van der Waals surface area contributed by atoms with Crippen molar-refractivity contribution in [3.8, 4) is 0 Å². The van der Waals surface area contributed by atoms with E-state index in [9.17, 15) is 24.6 Å². The number of aliphatic hydroxyl groups is 1. The van der Waals surface area contributed by atoms with Crippen LogP contribution in [0.4, 0.5) is 0 Å². The minimum Gasteiger partial charge on any atom is -0.478 e. The average molecular weight is 608 g/mol. The van der Waals surface area contributed by atoms with Crippen LogP contribution in [0.15, 0.2) is 0 Å². The third-order valence-electron chi connectivity index (χ3n) is 9.50. The van der Waals surface area contributed by atoms with Crippen molar-refractivity contribution in [1.82, 2.24) is 4.90 Å². The minimum atomic E-state index is -2.26. The Kier molecular flexibility index (Phi) is 23.8. The summed E-state index contributed by atoms with van der Waals surface area (Å²) in [6, 6.07) is 0. The van der Waals surface area contributed by atoms with Crippen LogP contribution >= 0.6 is 0 Å². The second-order valence-corrected chi connectivity index (χ2v) is 13.5. The molecule has 1 fully saturated rings. The first-order chi connectivity index (χ1) is 20.9. The molecule has 0 spiro atoms. The lowest BCUT2D eigenvalue weighted by Crippen LogP contribution is -2.53. The Hall–Kier alpha value is -1.43. The summed E-state index contributed by atoms with van der Waals surface area (Å²) >= 11 is 0. The molecule has 0 bridgehead atoms. The van der Waals surface area contributed by atoms with Gasteiger partial charge < -0.3 is 15.1 Å². The number of carbonyl (C=O) groups is 3. The zero-order valence-electron chi connectivity index (χ0n) is 28.4. The van der Waals surface area contributed by atoms with Crippen LogP contribution in [-0.4, -0.2) is 45.0 Å². The van der Waals surface area contributed by atoms with E-state index in [2.05, 4.69) is 13.8 Å². The molecule has 6 heteroatoms. The molecule has 2 atom stereocenters. The molecule has 0 aromatic heterocycles. The zero-order chi connectivity index (χ0) is 31.6. The molecular weight excluding hydrogens is 538 g/mol. The molecule has 6 nitrogen and oxygen atoms in total. The summed E-state index contributed by atoms with van der Waals surface area (Å²) < 4.78 is 0. The van der Waals surface area contributed by atoms with Crippen molar-refractivity contribution in [3.05, 3.63) is 0 Å². The standard InChI is InChI=1S/C37H69NO5/c1-3-5-7-9-11-13-15-17-19-21-23-25-27-29-34(39)33-31-37(43,36(41)42)38(32-33)35(40)30-28-26-24-22-20-18-16-14-12-10-8-6-4-2/h33,43H,3-32H2,1-2H3,(H,41,42)/t33?,37-/m1/s1. The zero-order valence-corrected chi connectivity index (χ0v) is 28.4. The third kappa shape index (κ3) is 18.2. The number of rotatable bonds is 30. The fourth-order valence-electron chi connectivity index (χ4n) is 6.57. The van der Waals surface area contributed by atoms with E-state index in [1.54, 1.807) is 0 Å². The van der Waals surface area contributed by atoms with Gasteiger partial charge in [0.05, 0.1) is 0 Å². The van der Waals surface area contributed by atoms with Gasteiger partial charge >= 0.3 is 5.97 Å². The molecule has 1 aliphatic rings. The van der Waals surface area contributed by atoms with E-state index >= 15 is 0 Å². The van der Waals surface area contributed by atoms with Crippen molar-refractivity contribution >= 4 is 17.7 Å². The van der Waals surface area contributed by atoms with E-state index in [1.807, 2.05) is 0 Å². The molecule has 0 radical (unpaired) electrons. The number of hydrogen-bond donors (Lipinski definition) is 2. The molecule has 0 aromatic rings. The number of carboxylic acid groups (broad SMARTS) is 1. The summed E-state index contributed by atoms with van der Waals surface area (Å²) in [5.41, 5.74) is -2.26. The Morgan fingerprint density at radius 2 is 0.884 bits per heavy atom. The highest BCUT2D eigenvalue weighted by atomic mass is 16.4. The highest BCUT2D eigenvalue weighted by molar-refractivity contribution is 5.90. The van der Waals surface area contributed by atoms with Crippen LogP contribution in [0.3, 0.4) is 0 Å². The molecule has 0 aromatic carbocycles. The maximum Gasteiger partial charge on any atom is 0.357 e. The van der Waals surface area contributed by atoms with Gasteiger partial charge in [-0.1, -0.05) is 168 Å². The molecular formula is C37H69NO5. The first-order valence-electron chi connectivity index (χ1n) is 18.7. The van der Waals surface area contributed by atoms with Crippen molar-refractivity contribution in [2.75, 3.05) is 6.54 Å². The van der Waals surface area contributed by atoms with Gasteiger partial charge in [-0.25, -0.2) is 4.79 Å². The van der Waals surface area contributed by atoms with Crippen molar-refractivity contribution < 1.29 is 24.6 Å². The molecule has 0 saturated carbocycles. The summed E-state index contributed by atoms with van der Waals surface area (Å²) in [7, 11) is 0. The van der Waals surface area contributed by atoms with Crippen LogP contribution < -0.4 is 0 Å². The van der Waals surface area contributed by atoms with E-state index < -0.39 is 17.6 Å². The van der Waals surface area contributed by atoms with Crippen LogP contribution in [0.2, 0.25) is 0 Å². The lowest BCUT2D eigenvalue weighted by atomic mass is 9.95. The van der Waals surface area contributed by atoms with E-state index in [4.69, 9.17) is 0 Å². The van der Waals surface area contributed by atoms with Gasteiger partial charge in [-0.15, -0.1) is 0 Å². The van der Waals surface area contributed by atoms with Crippen LogP contribution in [0.5, 0.6) is 0 Å². The van der Waals surface area contributed by atoms with Gasteiger partial charge in [0.15, 0.2) is 0 Å². The van der Waals surface area contributed by atoms with Gasteiger partial charge in [-0.2, -0.15) is 0 Å².